The van der Waals surface area contributed by atoms with Crippen molar-refractivity contribution in [1.29, 1.82) is 0 Å². The molecule has 4 N–H and O–H groups in total. The van der Waals surface area contributed by atoms with Crippen molar-refractivity contribution in [1.82, 2.24) is 0 Å². The van der Waals surface area contributed by atoms with Crippen molar-refractivity contribution >= 4 is 46.5 Å². The first-order valence-corrected chi connectivity index (χ1v) is 7.95. The number of amides is 2. The maximum atomic E-state index is 12.5. The second-order valence-electron chi connectivity index (χ2n) is 5.64. The van der Waals surface area contributed by atoms with Crippen molar-refractivity contribution in [3.63, 3.8) is 0 Å². The maximum Gasteiger partial charge on any atom is 0.261 e. The normalized spacial score (nSPS) is 18.6. The van der Waals surface area contributed by atoms with E-state index in [0.29, 0.717) is 0 Å². The molecule has 2 aromatic carbocycles. The summed E-state index contributed by atoms with van der Waals surface area (Å²) in [6.07, 6.45) is -0.526. The molecule has 0 saturated carbocycles. The Morgan fingerprint density at radius 3 is 2.20 bits per heavy atom. The number of primary amides is 1. The number of Topliss-reactive ketones (excluding diaryl/α,β-unsaturated/α-hetero) is 1. The fourth-order valence-corrected chi connectivity index (χ4v) is 3.25. The van der Waals surface area contributed by atoms with Crippen LogP contribution >= 0.6 is 23.2 Å². The van der Waals surface area contributed by atoms with Crippen LogP contribution < -0.4 is 11.1 Å². The highest BCUT2D eigenvalue weighted by molar-refractivity contribution is 6.38. The van der Waals surface area contributed by atoms with E-state index in [-0.39, 0.29) is 32.4 Å². The van der Waals surface area contributed by atoms with Crippen molar-refractivity contribution in [2.45, 2.75) is 12.0 Å². The molecule has 3 rings (SSSR count). The minimum absolute atomic E-state index is 0.0776. The number of carbonyl (C=O) groups excluding carboxylic acids is 3. The predicted octanol–water partition coefficient (Wildman–Crippen LogP) is 2.51. The SMILES string of the molecule is NC(=O)c1ccc(C(=O)C[C@@]2(O)C(=O)Nc3c(Cl)ccc(Cl)c32)cc1. The minimum Gasteiger partial charge on any atom is -0.375 e. The number of nitrogens with one attached hydrogen (secondary N) is 1. The van der Waals surface area contributed by atoms with E-state index in [2.05, 4.69) is 5.32 Å². The van der Waals surface area contributed by atoms with E-state index in [9.17, 15) is 19.5 Å². The Morgan fingerprint density at radius 2 is 1.60 bits per heavy atom. The number of nitrogens with two attached hydrogens (primary N) is 1. The van der Waals surface area contributed by atoms with Crippen molar-refractivity contribution < 1.29 is 19.5 Å². The van der Waals surface area contributed by atoms with E-state index in [4.69, 9.17) is 28.9 Å². The number of anilines is 1. The molecule has 25 heavy (non-hydrogen) atoms. The Labute approximate surface area is 152 Å². The quantitative estimate of drug-likeness (QED) is 0.709. The zero-order valence-electron chi connectivity index (χ0n) is 12.7. The molecule has 0 radical (unpaired) electrons. The van der Waals surface area contributed by atoms with Gasteiger partial charge < -0.3 is 16.2 Å². The molecule has 2 amide bonds. The van der Waals surface area contributed by atoms with Gasteiger partial charge in [-0.3, -0.25) is 14.4 Å². The van der Waals surface area contributed by atoms with Crippen molar-refractivity contribution in [2.24, 2.45) is 5.73 Å². The average Bonchev–Trinajstić information content (AvgIpc) is 2.83. The fraction of sp³-hybridized carbons (Fsp3) is 0.118. The minimum atomic E-state index is -2.13. The molecule has 0 fully saturated rings. The molecule has 0 aromatic heterocycles. The summed E-state index contributed by atoms with van der Waals surface area (Å²) in [5, 5.41) is 13.6. The van der Waals surface area contributed by atoms with Crippen LogP contribution in [0.2, 0.25) is 10.0 Å². The third-order valence-electron chi connectivity index (χ3n) is 4.04. The van der Waals surface area contributed by atoms with Gasteiger partial charge in [0.2, 0.25) is 5.91 Å². The standard InChI is InChI=1S/C17H12Cl2N2O4/c18-10-5-6-11(19)14-13(10)17(25,16(24)21-14)7-12(22)8-1-3-9(4-2-8)15(20)23/h1-6,25H,7H2,(H2,20,23)(H,21,24)/t17-/m0/s1. The fourth-order valence-electron chi connectivity index (χ4n) is 2.73. The second-order valence-corrected chi connectivity index (χ2v) is 6.45. The number of carbonyl (C=O) groups is 3. The monoisotopic (exact) mass is 378 g/mol. The highest BCUT2D eigenvalue weighted by atomic mass is 35.5. The van der Waals surface area contributed by atoms with Gasteiger partial charge in [0.05, 0.1) is 17.1 Å². The van der Waals surface area contributed by atoms with Gasteiger partial charge in [-0.25, -0.2) is 0 Å². The summed E-state index contributed by atoms with van der Waals surface area (Å²) in [6, 6.07) is 8.52. The summed E-state index contributed by atoms with van der Waals surface area (Å²) in [6.45, 7) is 0. The number of fused-ring (bicyclic) bond motifs is 1. The van der Waals surface area contributed by atoms with E-state index in [1.165, 1.54) is 36.4 Å². The second kappa shape index (κ2) is 6.15. The highest BCUT2D eigenvalue weighted by Gasteiger charge is 2.49. The van der Waals surface area contributed by atoms with Gasteiger partial charge in [0.15, 0.2) is 11.4 Å². The lowest BCUT2D eigenvalue weighted by atomic mass is 9.88. The molecule has 0 saturated heterocycles. The molecule has 2 aromatic rings. The van der Waals surface area contributed by atoms with Crippen LogP contribution in [0.5, 0.6) is 0 Å². The highest BCUT2D eigenvalue weighted by Crippen LogP contribution is 2.46. The van der Waals surface area contributed by atoms with Crippen molar-refractivity contribution in [2.75, 3.05) is 5.32 Å². The van der Waals surface area contributed by atoms with Crippen LogP contribution in [0, 0.1) is 0 Å². The van der Waals surface area contributed by atoms with Crippen molar-refractivity contribution in [3.05, 3.63) is 63.1 Å². The number of hydrogen-bond acceptors (Lipinski definition) is 4. The molecule has 8 heteroatoms. The van der Waals surface area contributed by atoms with Gasteiger partial charge in [-0.1, -0.05) is 35.3 Å². The topological polar surface area (TPSA) is 109 Å². The van der Waals surface area contributed by atoms with Gasteiger partial charge in [0.25, 0.3) is 5.91 Å². The van der Waals surface area contributed by atoms with Gasteiger partial charge in [0.1, 0.15) is 0 Å². The number of halogens is 2. The summed E-state index contributed by atoms with van der Waals surface area (Å²) < 4.78 is 0. The Morgan fingerprint density at radius 1 is 1.04 bits per heavy atom. The van der Waals surface area contributed by atoms with Crippen LogP contribution in [0.3, 0.4) is 0 Å². The summed E-state index contributed by atoms with van der Waals surface area (Å²) in [7, 11) is 0. The van der Waals surface area contributed by atoms with E-state index in [1.54, 1.807) is 0 Å². The zero-order chi connectivity index (χ0) is 18.4. The lowest BCUT2D eigenvalue weighted by Gasteiger charge is -2.21. The molecule has 0 spiro atoms. The summed E-state index contributed by atoms with van der Waals surface area (Å²) in [4.78, 5) is 35.9. The first-order valence-electron chi connectivity index (χ1n) is 7.19. The summed E-state index contributed by atoms with van der Waals surface area (Å²) in [5.41, 5.74) is 3.76. The van der Waals surface area contributed by atoms with Gasteiger partial charge in [-0.15, -0.1) is 0 Å². The molecule has 0 unspecified atom stereocenters. The molecule has 1 heterocycles. The van der Waals surface area contributed by atoms with Crippen LogP contribution in [0.25, 0.3) is 0 Å². The van der Waals surface area contributed by atoms with E-state index in [0.717, 1.165) is 0 Å². The molecule has 128 valence electrons. The van der Waals surface area contributed by atoms with E-state index < -0.39 is 29.6 Å². The van der Waals surface area contributed by atoms with Crippen LogP contribution in [0.15, 0.2) is 36.4 Å². The first kappa shape index (κ1) is 17.4. The van der Waals surface area contributed by atoms with Crippen LogP contribution in [-0.4, -0.2) is 22.7 Å². The molecule has 6 nitrogen and oxygen atoms in total. The number of rotatable bonds is 4. The van der Waals surface area contributed by atoms with E-state index >= 15 is 0 Å². The average molecular weight is 379 g/mol. The Balaban J connectivity index is 1.95. The van der Waals surface area contributed by atoms with Gasteiger partial charge in [0, 0.05) is 21.7 Å². The smallest absolute Gasteiger partial charge is 0.261 e. The van der Waals surface area contributed by atoms with Gasteiger partial charge >= 0.3 is 0 Å². The third-order valence-corrected chi connectivity index (χ3v) is 4.67. The van der Waals surface area contributed by atoms with Crippen molar-refractivity contribution in [3.8, 4) is 0 Å². The van der Waals surface area contributed by atoms with Crippen LogP contribution in [-0.2, 0) is 10.4 Å². The molecule has 0 bridgehead atoms. The molecule has 1 atom stereocenters. The summed E-state index contributed by atoms with van der Waals surface area (Å²) >= 11 is 12.1. The lowest BCUT2D eigenvalue weighted by molar-refractivity contribution is -0.133. The Kier molecular flexibility index (Phi) is 4.28. The number of ketones is 1. The Hall–Kier alpha value is -2.41. The lowest BCUT2D eigenvalue weighted by Crippen LogP contribution is -2.36. The molecule has 0 aliphatic carbocycles. The van der Waals surface area contributed by atoms with Crippen LogP contribution in [0.4, 0.5) is 5.69 Å². The maximum absolute atomic E-state index is 12.5. The first-order chi connectivity index (χ1) is 11.7. The number of hydrogen-bond donors (Lipinski definition) is 3. The van der Waals surface area contributed by atoms with Gasteiger partial charge in [-0.2, -0.15) is 0 Å². The van der Waals surface area contributed by atoms with Crippen LogP contribution in [0.1, 0.15) is 32.7 Å². The van der Waals surface area contributed by atoms with E-state index in [1.807, 2.05) is 0 Å². The van der Waals surface area contributed by atoms with Gasteiger partial charge in [-0.05, 0) is 24.3 Å². The number of benzene rings is 2. The number of aliphatic hydroxyl groups is 1. The summed E-state index contributed by atoms with van der Waals surface area (Å²) in [5.74, 6) is -1.90. The zero-order valence-corrected chi connectivity index (χ0v) is 14.2. The Bertz CT molecular complexity index is 912. The largest absolute Gasteiger partial charge is 0.375 e. The molecular weight excluding hydrogens is 367 g/mol. The molecule has 1 aliphatic rings. The third kappa shape index (κ3) is 2.89. The predicted molar refractivity (Wildman–Crippen MR) is 92.9 cm³/mol. The molecule has 1 aliphatic heterocycles. The molecular formula is C17H12Cl2N2O4.